The maximum atomic E-state index is 11.1. The molecule has 0 bridgehead atoms. The molecule has 1 aliphatic heterocycles. The molecule has 92 valence electrons. The summed E-state index contributed by atoms with van der Waals surface area (Å²) in [6.07, 6.45) is 0. The minimum atomic E-state index is -0.201. The smallest absolute Gasteiger partial charge is 0.235 e. The van der Waals surface area contributed by atoms with Crippen LogP contribution < -0.4 is 5.32 Å². The van der Waals surface area contributed by atoms with Crippen molar-refractivity contribution in [3.05, 3.63) is 34.9 Å². The standard InChI is InChI=1S/C13H16ClNO2/c1-13(2)11-4-3-9(5-10(11)8-17-13)7-15-12(16)6-14/h3-5H,6-8H2,1-2H3,(H,15,16). The number of amides is 1. The van der Waals surface area contributed by atoms with E-state index in [1.807, 2.05) is 6.07 Å². The molecule has 0 atom stereocenters. The number of hydrogen-bond acceptors (Lipinski definition) is 2. The lowest BCUT2D eigenvalue weighted by atomic mass is 9.95. The van der Waals surface area contributed by atoms with Crippen molar-refractivity contribution in [2.75, 3.05) is 5.88 Å². The number of ether oxygens (including phenoxy) is 1. The molecule has 1 N–H and O–H groups in total. The fraction of sp³-hybridized carbons (Fsp3) is 0.462. The fourth-order valence-corrected chi connectivity index (χ4v) is 2.14. The Hall–Kier alpha value is -1.06. The van der Waals surface area contributed by atoms with Crippen molar-refractivity contribution in [1.29, 1.82) is 0 Å². The second-order valence-electron chi connectivity index (χ2n) is 4.70. The molecule has 1 aromatic rings. The highest BCUT2D eigenvalue weighted by Gasteiger charge is 2.30. The van der Waals surface area contributed by atoms with Gasteiger partial charge in [0.15, 0.2) is 0 Å². The Bertz CT molecular complexity index is 443. The number of fused-ring (bicyclic) bond motifs is 1. The van der Waals surface area contributed by atoms with E-state index in [2.05, 4.69) is 31.3 Å². The van der Waals surface area contributed by atoms with Crippen LogP contribution in [-0.4, -0.2) is 11.8 Å². The van der Waals surface area contributed by atoms with Gasteiger partial charge in [-0.25, -0.2) is 0 Å². The van der Waals surface area contributed by atoms with Crippen molar-refractivity contribution < 1.29 is 9.53 Å². The first-order valence-electron chi connectivity index (χ1n) is 5.62. The van der Waals surface area contributed by atoms with E-state index in [1.165, 1.54) is 11.1 Å². The molecule has 1 amide bonds. The zero-order valence-electron chi connectivity index (χ0n) is 10.0. The molecule has 0 spiro atoms. The van der Waals surface area contributed by atoms with E-state index in [1.54, 1.807) is 0 Å². The van der Waals surface area contributed by atoms with Gasteiger partial charge in [-0.1, -0.05) is 18.2 Å². The molecule has 0 unspecified atom stereocenters. The van der Waals surface area contributed by atoms with Crippen LogP contribution >= 0.6 is 11.6 Å². The predicted octanol–water partition coefficient (Wildman–Crippen LogP) is 2.31. The lowest BCUT2D eigenvalue weighted by Crippen LogP contribution is -2.23. The van der Waals surface area contributed by atoms with E-state index in [0.29, 0.717) is 13.2 Å². The number of rotatable bonds is 3. The van der Waals surface area contributed by atoms with E-state index < -0.39 is 0 Å². The third-order valence-electron chi connectivity index (χ3n) is 3.02. The molecule has 17 heavy (non-hydrogen) atoms. The summed E-state index contributed by atoms with van der Waals surface area (Å²) in [7, 11) is 0. The largest absolute Gasteiger partial charge is 0.366 e. The highest BCUT2D eigenvalue weighted by molar-refractivity contribution is 6.27. The molecule has 2 rings (SSSR count). The number of carbonyl (C=O) groups is 1. The molecule has 4 heteroatoms. The van der Waals surface area contributed by atoms with Gasteiger partial charge in [0.2, 0.25) is 5.91 Å². The summed E-state index contributed by atoms with van der Waals surface area (Å²) in [6, 6.07) is 6.17. The van der Waals surface area contributed by atoms with Gasteiger partial charge >= 0.3 is 0 Å². The third-order valence-corrected chi connectivity index (χ3v) is 3.26. The Morgan fingerprint density at radius 3 is 3.00 bits per heavy atom. The average molecular weight is 254 g/mol. The van der Waals surface area contributed by atoms with Crippen LogP contribution in [0.3, 0.4) is 0 Å². The average Bonchev–Trinajstić information content (AvgIpc) is 2.62. The summed E-state index contributed by atoms with van der Waals surface area (Å²) < 4.78 is 5.70. The first kappa shape index (κ1) is 12.4. The van der Waals surface area contributed by atoms with Crippen molar-refractivity contribution in [2.45, 2.75) is 32.6 Å². The van der Waals surface area contributed by atoms with Crippen LogP contribution in [-0.2, 0) is 28.3 Å². The van der Waals surface area contributed by atoms with Crippen LogP contribution in [0, 0.1) is 0 Å². The van der Waals surface area contributed by atoms with Crippen molar-refractivity contribution in [3.8, 4) is 0 Å². The summed E-state index contributed by atoms with van der Waals surface area (Å²) in [5, 5.41) is 2.75. The molecule has 0 saturated carbocycles. The molecule has 1 aliphatic rings. The number of halogens is 1. The normalized spacial score (nSPS) is 16.6. The number of carbonyl (C=O) groups excluding carboxylic acids is 1. The maximum absolute atomic E-state index is 11.1. The van der Waals surface area contributed by atoms with Crippen LogP contribution in [0.15, 0.2) is 18.2 Å². The molecular formula is C13H16ClNO2. The van der Waals surface area contributed by atoms with Gasteiger partial charge in [-0.05, 0) is 30.5 Å². The van der Waals surface area contributed by atoms with Crippen molar-refractivity contribution in [2.24, 2.45) is 0 Å². The zero-order valence-corrected chi connectivity index (χ0v) is 10.8. The second kappa shape index (κ2) is 4.67. The van der Waals surface area contributed by atoms with Gasteiger partial charge in [-0.3, -0.25) is 4.79 Å². The van der Waals surface area contributed by atoms with E-state index in [4.69, 9.17) is 16.3 Å². The van der Waals surface area contributed by atoms with Crippen LogP contribution in [0.4, 0.5) is 0 Å². The molecule has 0 fully saturated rings. The third kappa shape index (κ3) is 2.61. The predicted molar refractivity (Wildman–Crippen MR) is 66.8 cm³/mol. The van der Waals surface area contributed by atoms with Crippen LogP contribution in [0.25, 0.3) is 0 Å². The van der Waals surface area contributed by atoms with E-state index in [9.17, 15) is 4.79 Å². The molecule has 0 saturated heterocycles. The first-order chi connectivity index (χ1) is 8.03. The monoisotopic (exact) mass is 253 g/mol. The maximum Gasteiger partial charge on any atom is 0.235 e. The molecule has 0 aliphatic carbocycles. The van der Waals surface area contributed by atoms with Crippen LogP contribution in [0.2, 0.25) is 0 Å². The van der Waals surface area contributed by atoms with Crippen molar-refractivity contribution in [3.63, 3.8) is 0 Å². The lowest BCUT2D eigenvalue weighted by molar-refractivity contribution is -0.118. The Morgan fingerprint density at radius 2 is 2.29 bits per heavy atom. The summed E-state index contributed by atoms with van der Waals surface area (Å²) in [5.41, 5.74) is 3.30. The first-order valence-corrected chi connectivity index (χ1v) is 6.15. The summed E-state index contributed by atoms with van der Waals surface area (Å²) in [5.74, 6) is -0.148. The van der Waals surface area contributed by atoms with Crippen LogP contribution in [0.1, 0.15) is 30.5 Å². The Balaban J connectivity index is 2.11. The molecule has 1 aromatic carbocycles. The second-order valence-corrected chi connectivity index (χ2v) is 4.97. The molecule has 0 aromatic heterocycles. The lowest BCUT2D eigenvalue weighted by Gasteiger charge is -2.18. The number of benzene rings is 1. The SMILES string of the molecule is CC1(C)OCc2cc(CNC(=O)CCl)ccc21. The number of hydrogen-bond donors (Lipinski definition) is 1. The van der Waals surface area contributed by atoms with Gasteiger partial charge in [0.25, 0.3) is 0 Å². The zero-order chi connectivity index (χ0) is 12.5. The molecule has 0 radical (unpaired) electrons. The Morgan fingerprint density at radius 1 is 1.53 bits per heavy atom. The molecule has 3 nitrogen and oxygen atoms in total. The van der Waals surface area contributed by atoms with Gasteiger partial charge in [0, 0.05) is 6.54 Å². The van der Waals surface area contributed by atoms with E-state index in [0.717, 1.165) is 5.56 Å². The highest BCUT2D eigenvalue weighted by atomic mass is 35.5. The number of alkyl halides is 1. The minimum Gasteiger partial charge on any atom is -0.366 e. The summed E-state index contributed by atoms with van der Waals surface area (Å²) in [6.45, 7) is 5.28. The van der Waals surface area contributed by atoms with Crippen molar-refractivity contribution >= 4 is 17.5 Å². The van der Waals surface area contributed by atoms with Gasteiger partial charge < -0.3 is 10.1 Å². The van der Waals surface area contributed by atoms with E-state index in [-0.39, 0.29) is 17.4 Å². The number of nitrogens with one attached hydrogen (secondary N) is 1. The van der Waals surface area contributed by atoms with Gasteiger partial charge in [0.1, 0.15) is 5.88 Å². The van der Waals surface area contributed by atoms with Crippen molar-refractivity contribution in [1.82, 2.24) is 5.32 Å². The highest BCUT2D eigenvalue weighted by Crippen LogP contribution is 2.35. The van der Waals surface area contributed by atoms with Gasteiger partial charge in [-0.15, -0.1) is 11.6 Å². The molecule has 1 heterocycles. The summed E-state index contributed by atoms with van der Waals surface area (Å²) in [4.78, 5) is 11.1. The quantitative estimate of drug-likeness (QED) is 0.840. The fourth-order valence-electron chi connectivity index (χ4n) is 2.05. The topological polar surface area (TPSA) is 38.3 Å². The Kier molecular flexibility index (Phi) is 3.40. The minimum absolute atomic E-state index is 0.00107. The summed E-state index contributed by atoms with van der Waals surface area (Å²) >= 11 is 5.42. The Labute approximate surface area is 106 Å². The van der Waals surface area contributed by atoms with Gasteiger partial charge in [-0.2, -0.15) is 0 Å². The molecular weight excluding hydrogens is 238 g/mol. The van der Waals surface area contributed by atoms with Crippen LogP contribution in [0.5, 0.6) is 0 Å². The van der Waals surface area contributed by atoms with E-state index >= 15 is 0 Å². The van der Waals surface area contributed by atoms with Gasteiger partial charge in [0.05, 0.1) is 12.2 Å².